The Morgan fingerprint density at radius 2 is 2.22 bits per heavy atom. The predicted octanol–water partition coefficient (Wildman–Crippen LogP) is -1.34. The minimum Gasteiger partial charge on any atom is -0.374 e. The molecule has 9 heteroatoms. The number of urea groups is 1. The summed E-state index contributed by atoms with van der Waals surface area (Å²) in [7, 11) is 2.02. The molecule has 2 atom stereocenters. The number of carbonyl (C=O) groups is 3. The van der Waals surface area contributed by atoms with Crippen molar-refractivity contribution in [2.45, 2.75) is 31.9 Å². The number of nitrogens with zero attached hydrogens (tertiary/aromatic N) is 2. The average molecular weight is 327 g/mol. The number of hydrazine groups is 1. The number of hydrogen-bond donors (Lipinski definition) is 3. The van der Waals surface area contributed by atoms with Crippen molar-refractivity contribution in [3.05, 3.63) is 0 Å². The van der Waals surface area contributed by atoms with E-state index in [0.717, 1.165) is 18.1 Å². The van der Waals surface area contributed by atoms with Gasteiger partial charge in [-0.2, -0.15) is 5.01 Å². The highest BCUT2D eigenvalue weighted by Gasteiger charge is 2.47. The van der Waals surface area contributed by atoms with Gasteiger partial charge in [-0.05, 0) is 20.4 Å². The molecular formula is C14H25N5O4. The molecule has 0 saturated carbocycles. The summed E-state index contributed by atoms with van der Waals surface area (Å²) in [5.41, 5.74) is 1.37. The molecule has 0 aliphatic carbocycles. The van der Waals surface area contributed by atoms with Gasteiger partial charge in [0.15, 0.2) is 0 Å². The highest BCUT2D eigenvalue weighted by atomic mass is 16.5. The first-order valence-electron chi connectivity index (χ1n) is 7.83. The van der Waals surface area contributed by atoms with E-state index in [1.165, 1.54) is 0 Å². The third-order valence-electron chi connectivity index (χ3n) is 4.20. The summed E-state index contributed by atoms with van der Waals surface area (Å²) in [5, 5.41) is 6.30. The third kappa shape index (κ3) is 4.18. The normalized spacial score (nSPS) is 28.8. The van der Waals surface area contributed by atoms with Gasteiger partial charge in [-0.25, -0.2) is 4.79 Å². The maximum atomic E-state index is 12.1. The van der Waals surface area contributed by atoms with Gasteiger partial charge in [0, 0.05) is 19.6 Å². The molecule has 0 bridgehead atoms. The monoisotopic (exact) mass is 327 g/mol. The highest BCUT2D eigenvalue weighted by molar-refractivity contribution is 6.07. The minimum atomic E-state index is -0.960. The predicted molar refractivity (Wildman–Crippen MR) is 82.3 cm³/mol. The fourth-order valence-electron chi connectivity index (χ4n) is 2.53. The molecule has 2 aliphatic rings. The van der Waals surface area contributed by atoms with Crippen molar-refractivity contribution in [3.8, 4) is 0 Å². The van der Waals surface area contributed by atoms with E-state index in [-0.39, 0.29) is 12.6 Å². The number of nitrogens with one attached hydrogen (secondary N) is 3. The summed E-state index contributed by atoms with van der Waals surface area (Å²) in [4.78, 5) is 38.0. The number of likely N-dealkylation sites (N-methyl/N-ethyl adjacent to an activating group) is 1. The van der Waals surface area contributed by atoms with Crippen LogP contribution in [-0.2, 0) is 14.3 Å². The fourth-order valence-corrected chi connectivity index (χ4v) is 2.53. The number of carbonyl (C=O) groups excluding carboxylic acids is 3. The van der Waals surface area contributed by atoms with Crippen molar-refractivity contribution in [3.63, 3.8) is 0 Å². The SMILES string of the molecule is CC[C@@]1(C)NC(=O)N(NC(=O)CNC[C@@H]2CN(C)CCO2)C1=O. The molecule has 0 aromatic carbocycles. The molecule has 9 nitrogen and oxygen atoms in total. The molecule has 2 saturated heterocycles. The summed E-state index contributed by atoms with van der Waals surface area (Å²) in [6, 6.07) is -0.607. The van der Waals surface area contributed by atoms with E-state index in [9.17, 15) is 14.4 Å². The molecule has 130 valence electrons. The Kier molecular flexibility index (Phi) is 5.55. The molecular weight excluding hydrogens is 302 g/mol. The van der Waals surface area contributed by atoms with Gasteiger partial charge in [0.1, 0.15) is 5.54 Å². The topological polar surface area (TPSA) is 103 Å². The van der Waals surface area contributed by atoms with E-state index in [1.54, 1.807) is 13.8 Å². The maximum Gasteiger partial charge on any atom is 0.344 e. The van der Waals surface area contributed by atoms with Crippen LogP contribution in [0, 0.1) is 0 Å². The van der Waals surface area contributed by atoms with Crippen LogP contribution in [-0.4, -0.2) is 79.2 Å². The number of morpholine rings is 1. The van der Waals surface area contributed by atoms with E-state index in [0.29, 0.717) is 19.6 Å². The summed E-state index contributed by atoms with van der Waals surface area (Å²) < 4.78 is 5.58. The van der Waals surface area contributed by atoms with Gasteiger partial charge < -0.3 is 20.3 Å². The zero-order chi connectivity index (χ0) is 17.0. The van der Waals surface area contributed by atoms with Gasteiger partial charge in [-0.3, -0.25) is 15.0 Å². The number of hydrogen-bond acceptors (Lipinski definition) is 6. The van der Waals surface area contributed by atoms with Crippen LogP contribution in [0.5, 0.6) is 0 Å². The molecule has 4 amide bonds. The molecule has 2 rings (SSSR count). The van der Waals surface area contributed by atoms with Crippen LogP contribution in [0.15, 0.2) is 0 Å². The van der Waals surface area contributed by atoms with E-state index in [1.807, 2.05) is 7.05 Å². The number of ether oxygens (including phenoxy) is 1. The van der Waals surface area contributed by atoms with Crippen molar-refractivity contribution in [1.82, 2.24) is 26.0 Å². The Morgan fingerprint density at radius 3 is 2.83 bits per heavy atom. The van der Waals surface area contributed by atoms with E-state index >= 15 is 0 Å². The van der Waals surface area contributed by atoms with Crippen LogP contribution in [0.25, 0.3) is 0 Å². The summed E-state index contributed by atoms with van der Waals surface area (Å²) >= 11 is 0. The number of rotatable bonds is 6. The van der Waals surface area contributed by atoms with Crippen molar-refractivity contribution in [1.29, 1.82) is 0 Å². The summed E-state index contributed by atoms with van der Waals surface area (Å²) in [6.07, 6.45) is 0.482. The maximum absolute atomic E-state index is 12.1. The van der Waals surface area contributed by atoms with Crippen molar-refractivity contribution in [2.75, 3.05) is 39.8 Å². The van der Waals surface area contributed by atoms with Gasteiger partial charge in [-0.15, -0.1) is 0 Å². The lowest BCUT2D eigenvalue weighted by Gasteiger charge is -2.30. The molecule has 0 aromatic heterocycles. The summed E-state index contributed by atoms with van der Waals surface area (Å²) in [5.74, 6) is -0.895. The van der Waals surface area contributed by atoms with Crippen LogP contribution in [0.3, 0.4) is 0 Å². The lowest BCUT2D eigenvalue weighted by atomic mass is 10.00. The zero-order valence-corrected chi connectivity index (χ0v) is 13.8. The van der Waals surface area contributed by atoms with Gasteiger partial charge in [-0.1, -0.05) is 6.92 Å². The Bertz CT molecular complexity index is 486. The second kappa shape index (κ2) is 7.24. The van der Waals surface area contributed by atoms with E-state index < -0.39 is 23.4 Å². The molecule has 0 aromatic rings. The van der Waals surface area contributed by atoms with E-state index in [4.69, 9.17) is 4.74 Å². The minimum absolute atomic E-state index is 0.00345. The molecule has 0 spiro atoms. The Morgan fingerprint density at radius 1 is 1.48 bits per heavy atom. The second-order valence-electron chi connectivity index (χ2n) is 6.18. The molecule has 3 N–H and O–H groups in total. The van der Waals surface area contributed by atoms with Gasteiger partial charge >= 0.3 is 6.03 Å². The van der Waals surface area contributed by atoms with Crippen molar-refractivity contribution in [2.24, 2.45) is 0 Å². The Balaban J connectivity index is 1.74. The number of amides is 4. The van der Waals surface area contributed by atoms with Crippen LogP contribution >= 0.6 is 0 Å². The summed E-state index contributed by atoms with van der Waals surface area (Å²) in [6.45, 7) is 6.35. The Labute approximate surface area is 135 Å². The quantitative estimate of drug-likeness (QED) is 0.522. The zero-order valence-electron chi connectivity index (χ0n) is 13.8. The van der Waals surface area contributed by atoms with E-state index in [2.05, 4.69) is 21.0 Å². The first-order valence-corrected chi connectivity index (χ1v) is 7.83. The standard InChI is InChI=1S/C14H25N5O4/c1-4-14(2)12(21)19(13(22)16-14)17-11(20)8-15-7-10-9-18(3)5-6-23-10/h10,15H,4-9H2,1-3H3,(H,16,22)(H,17,20)/t10-,14-/m1/s1. The van der Waals surface area contributed by atoms with Gasteiger partial charge in [0.2, 0.25) is 0 Å². The average Bonchev–Trinajstić information content (AvgIpc) is 2.71. The smallest absolute Gasteiger partial charge is 0.344 e. The molecule has 0 radical (unpaired) electrons. The van der Waals surface area contributed by atoms with Crippen LogP contribution in [0.1, 0.15) is 20.3 Å². The Hall–Kier alpha value is -1.71. The van der Waals surface area contributed by atoms with Crippen LogP contribution in [0.2, 0.25) is 0 Å². The first-order chi connectivity index (χ1) is 10.9. The highest BCUT2D eigenvalue weighted by Crippen LogP contribution is 2.18. The second-order valence-corrected chi connectivity index (χ2v) is 6.18. The van der Waals surface area contributed by atoms with Crippen molar-refractivity contribution < 1.29 is 19.1 Å². The molecule has 2 aliphatic heterocycles. The van der Waals surface area contributed by atoms with Gasteiger partial charge in [0.25, 0.3) is 11.8 Å². The molecule has 0 unspecified atom stereocenters. The molecule has 2 fully saturated rings. The lowest BCUT2D eigenvalue weighted by molar-refractivity contribution is -0.138. The first kappa shape index (κ1) is 17.6. The largest absolute Gasteiger partial charge is 0.374 e. The van der Waals surface area contributed by atoms with Crippen LogP contribution in [0.4, 0.5) is 4.79 Å². The van der Waals surface area contributed by atoms with Gasteiger partial charge in [0.05, 0.1) is 19.3 Å². The number of imide groups is 1. The van der Waals surface area contributed by atoms with Crippen LogP contribution < -0.4 is 16.1 Å². The third-order valence-corrected chi connectivity index (χ3v) is 4.20. The fraction of sp³-hybridized carbons (Fsp3) is 0.786. The molecule has 2 heterocycles. The molecule has 23 heavy (non-hydrogen) atoms. The lowest BCUT2D eigenvalue weighted by Crippen LogP contribution is -2.51. The van der Waals surface area contributed by atoms with Crippen molar-refractivity contribution >= 4 is 17.8 Å².